The summed E-state index contributed by atoms with van der Waals surface area (Å²) in [6.07, 6.45) is 0. The third kappa shape index (κ3) is 4.08. The summed E-state index contributed by atoms with van der Waals surface area (Å²) in [6.45, 7) is 5.40. The Balaban J connectivity index is 2.48. The molecule has 5 nitrogen and oxygen atoms in total. The molecule has 1 rings (SSSR count). The van der Waals surface area contributed by atoms with Crippen LogP contribution < -0.4 is 0 Å². The second-order valence-corrected chi connectivity index (χ2v) is 4.22. The predicted molar refractivity (Wildman–Crippen MR) is 61.4 cm³/mol. The maximum absolute atomic E-state index is 11.9. The maximum Gasteiger partial charge on any atom is 0.249 e. The molecule has 1 aliphatic heterocycles. The standard InChI is InChI=1S/C11H22N2O3/c1-4-15-9-11(14)13-5-6-16-8-10(13)7-12(2)3/h10H,4-9H2,1-3H3/t10-/m0/s1. The number of carbonyl (C=O) groups is 1. The quantitative estimate of drug-likeness (QED) is 0.656. The molecular weight excluding hydrogens is 208 g/mol. The fourth-order valence-corrected chi connectivity index (χ4v) is 1.83. The molecule has 5 heteroatoms. The van der Waals surface area contributed by atoms with E-state index in [4.69, 9.17) is 9.47 Å². The molecule has 0 aliphatic carbocycles. The molecule has 0 spiro atoms. The molecule has 0 aromatic rings. The molecule has 0 aromatic carbocycles. The molecule has 0 bridgehead atoms. The zero-order valence-electron chi connectivity index (χ0n) is 10.4. The number of hydrogen-bond acceptors (Lipinski definition) is 4. The smallest absolute Gasteiger partial charge is 0.249 e. The topological polar surface area (TPSA) is 42.0 Å². The Morgan fingerprint density at radius 3 is 2.94 bits per heavy atom. The molecule has 1 saturated heterocycles. The van der Waals surface area contributed by atoms with E-state index in [9.17, 15) is 4.79 Å². The van der Waals surface area contributed by atoms with Gasteiger partial charge >= 0.3 is 0 Å². The lowest BCUT2D eigenvalue weighted by Gasteiger charge is -2.36. The Morgan fingerprint density at radius 1 is 1.56 bits per heavy atom. The van der Waals surface area contributed by atoms with Crippen molar-refractivity contribution in [1.82, 2.24) is 9.80 Å². The molecule has 94 valence electrons. The lowest BCUT2D eigenvalue weighted by molar-refractivity contribution is -0.145. The highest BCUT2D eigenvalue weighted by Gasteiger charge is 2.27. The summed E-state index contributed by atoms with van der Waals surface area (Å²) in [5.41, 5.74) is 0. The number of nitrogens with zero attached hydrogens (tertiary/aromatic N) is 2. The third-order valence-corrected chi connectivity index (χ3v) is 2.55. The summed E-state index contributed by atoms with van der Waals surface area (Å²) in [5, 5.41) is 0. The van der Waals surface area contributed by atoms with Gasteiger partial charge in [0.2, 0.25) is 5.91 Å². The monoisotopic (exact) mass is 230 g/mol. The van der Waals surface area contributed by atoms with Crippen LogP contribution in [0.25, 0.3) is 0 Å². The number of carbonyl (C=O) groups excluding carboxylic acids is 1. The van der Waals surface area contributed by atoms with Gasteiger partial charge in [-0.15, -0.1) is 0 Å². The lowest BCUT2D eigenvalue weighted by Crippen LogP contribution is -2.53. The van der Waals surface area contributed by atoms with E-state index in [2.05, 4.69) is 4.90 Å². The van der Waals surface area contributed by atoms with Crippen molar-refractivity contribution in [2.75, 3.05) is 53.6 Å². The molecule has 0 unspecified atom stereocenters. The van der Waals surface area contributed by atoms with Gasteiger partial charge < -0.3 is 19.3 Å². The van der Waals surface area contributed by atoms with Gasteiger partial charge in [0, 0.05) is 19.7 Å². The van der Waals surface area contributed by atoms with Crippen molar-refractivity contribution in [1.29, 1.82) is 0 Å². The molecule has 0 N–H and O–H groups in total. The Kier molecular flexibility index (Phi) is 5.73. The van der Waals surface area contributed by atoms with Crippen LogP contribution in [0.3, 0.4) is 0 Å². The maximum atomic E-state index is 11.9. The Bertz CT molecular complexity index is 221. The van der Waals surface area contributed by atoms with E-state index in [-0.39, 0.29) is 18.6 Å². The van der Waals surface area contributed by atoms with Crippen molar-refractivity contribution in [3.8, 4) is 0 Å². The van der Waals surface area contributed by atoms with Crippen molar-refractivity contribution >= 4 is 5.91 Å². The molecule has 1 amide bonds. The number of hydrogen-bond donors (Lipinski definition) is 0. The highest BCUT2D eigenvalue weighted by Crippen LogP contribution is 2.08. The van der Waals surface area contributed by atoms with Gasteiger partial charge in [-0.1, -0.05) is 0 Å². The number of amides is 1. The number of likely N-dealkylation sites (N-methyl/N-ethyl adjacent to an activating group) is 1. The number of ether oxygens (including phenoxy) is 2. The van der Waals surface area contributed by atoms with E-state index in [0.29, 0.717) is 26.4 Å². The van der Waals surface area contributed by atoms with Gasteiger partial charge in [0.05, 0.1) is 19.3 Å². The number of morpholine rings is 1. The van der Waals surface area contributed by atoms with Crippen molar-refractivity contribution in [2.45, 2.75) is 13.0 Å². The SMILES string of the molecule is CCOCC(=O)N1CCOC[C@@H]1CN(C)C. The first-order chi connectivity index (χ1) is 7.65. The van der Waals surface area contributed by atoms with E-state index in [1.165, 1.54) is 0 Å². The van der Waals surface area contributed by atoms with Crippen LogP contribution in [0.5, 0.6) is 0 Å². The second-order valence-electron chi connectivity index (χ2n) is 4.22. The van der Waals surface area contributed by atoms with Gasteiger partial charge in [0.1, 0.15) is 6.61 Å². The summed E-state index contributed by atoms with van der Waals surface area (Å²) in [4.78, 5) is 15.8. The minimum Gasteiger partial charge on any atom is -0.377 e. The molecule has 1 atom stereocenters. The summed E-state index contributed by atoms with van der Waals surface area (Å²) in [6, 6.07) is 0.150. The van der Waals surface area contributed by atoms with Crippen LogP contribution in [0.1, 0.15) is 6.92 Å². The van der Waals surface area contributed by atoms with Crippen LogP contribution in [-0.4, -0.2) is 75.4 Å². The van der Waals surface area contributed by atoms with Crippen LogP contribution in [0.4, 0.5) is 0 Å². The first-order valence-corrected chi connectivity index (χ1v) is 5.74. The predicted octanol–water partition coefficient (Wildman–Crippen LogP) is -0.188. The van der Waals surface area contributed by atoms with E-state index in [0.717, 1.165) is 6.54 Å². The van der Waals surface area contributed by atoms with Crippen molar-refractivity contribution in [3.63, 3.8) is 0 Å². The van der Waals surface area contributed by atoms with Crippen molar-refractivity contribution in [2.24, 2.45) is 0 Å². The largest absolute Gasteiger partial charge is 0.377 e. The van der Waals surface area contributed by atoms with Crippen LogP contribution in [-0.2, 0) is 14.3 Å². The van der Waals surface area contributed by atoms with E-state index < -0.39 is 0 Å². The zero-order valence-corrected chi connectivity index (χ0v) is 10.4. The average molecular weight is 230 g/mol. The summed E-state index contributed by atoms with van der Waals surface area (Å²) in [7, 11) is 4.00. The molecule has 1 fully saturated rings. The number of rotatable bonds is 5. The van der Waals surface area contributed by atoms with Gasteiger partial charge in [0.15, 0.2) is 0 Å². The Morgan fingerprint density at radius 2 is 2.31 bits per heavy atom. The normalized spacial score (nSPS) is 21.5. The Hall–Kier alpha value is -0.650. The third-order valence-electron chi connectivity index (χ3n) is 2.55. The molecular formula is C11H22N2O3. The van der Waals surface area contributed by atoms with Gasteiger partial charge in [-0.2, -0.15) is 0 Å². The van der Waals surface area contributed by atoms with Crippen LogP contribution in [0.2, 0.25) is 0 Å². The van der Waals surface area contributed by atoms with Crippen molar-refractivity contribution < 1.29 is 14.3 Å². The zero-order chi connectivity index (χ0) is 12.0. The molecule has 1 heterocycles. The second kappa shape index (κ2) is 6.83. The van der Waals surface area contributed by atoms with Crippen LogP contribution in [0.15, 0.2) is 0 Å². The molecule has 0 saturated carbocycles. The fraction of sp³-hybridized carbons (Fsp3) is 0.909. The van der Waals surface area contributed by atoms with Gasteiger partial charge in [-0.05, 0) is 21.0 Å². The minimum atomic E-state index is 0.0667. The lowest BCUT2D eigenvalue weighted by atomic mass is 10.2. The molecule has 16 heavy (non-hydrogen) atoms. The van der Waals surface area contributed by atoms with Crippen LogP contribution >= 0.6 is 0 Å². The van der Waals surface area contributed by atoms with E-state index in [1.807, 2.05) is 25.9 Å². The Labute approximate surface area is 97.3 Å². The average Bonchev–Trinajstić information content (AvgIpc) is 2.26. The van der Waals surface area contributed by atoms with E-state index in [1.54, 1.807) is 0 Å². The molecule has 1 aliphatic rings. The van der Waals surface area contributed by atoms with E-state index >= 15 is 0 Å². The molecule has 0 aromatic heterocycles. The summed E-state index contributed by atoms with van der Waals surface area (Å²) >= 11 is 0. The first-order valence-electron chi connectivity index (χ1n) is 5.74. The van der Waals surface area contributed by atoms with Crippen molar-refractivity contribution in [3.05, 3.63) is 0 Å². The van der Waals surface area contributed by atoms with Crippen LogP contribution in [0, 0.1) is 0 Å². The highest BCUT2D eigenvalue weighted by molar-refractivity contribution is 5.77. The fourth-order valence-electron chi connectivity index (χ4n) is 1.83. The summed E-state index contributed by atoms with van der Waals surface area (Å²) < 4.78 is 10.6. The molecule has 0 radical (unpaired) electrons. The highest BCUT2D eigenvalue weighted by atomic mass is 16.5. The van der Waals surface area contributed by atoms with Gasteiger partial charge in [0.25, 0.3) is 0 Å². The van der Waals surface area contributed by atoms with Gasteiger partial charge in [-0.3, -0.25) is 4.79 Å². The first kappa shape index (κ1) is 13.4. The minimum absolute atomic E-state index is 0.0667. The van der Waals surface area contributed by atoms with Gasteiger partial charge in [-0.25, -0.2) is 0 Å². The summed E-state index contributed by atoms with van der Waals surface area (Å²) in [5.74, 6) is 0.0667.